The van der Waals surface area contributed by atoms with Crippen LogP contribution in [0, 0.1) is 11.8 Å². The lowest BCUT2D eigenvalue weighted by atomic mass is 10.0. The zero-order chi connectivity index (χ0) is 14.2. The molecule has 0 aromatic heterocycles. The molecule has 0 bridgehead atoms. The van der Waals surface area contributed by atoms with E-state index in [2.05, 4.69) is 19.2 Å². The summed E-state index contributed by atoms with van der Waals surface area (Å²) in [7, 11) is 0. The smallest absolute Gasteiger partial charge is 0.328 e. The highest BCUT2D eigenvalue weighted by Crippen LogP contribution is 2.24. The standard InChI is InChI=1S/C12H19N3O4/c1-7-4-14(5-8(7)2)12(19)15-6-10(16)13-3-9(15)11(17)18/h7-9H,3-6H2,1-2H3,(H,13,16)(H,17,18). The number of likely N-dealkylation sites (tertiary alicyclic amines) is 1. The fourth-order valence-electron chi connectivity index (χ4n) is 2.53. The molecule has 2 rings (SSSR count). The first-order valence-electron chi connectivity index (χ1n) is 6.45. The molecule has 19 heavy (non-hydrogen) atoms. The molecule has 7 nitrogen and oxygen atoms in total. The number of carboxylic acid groups (broad SMARTS) is 1. The van der Waals surface area contributed by atoms with Gasteiger partial charge in [-0.2, -0.15) is 0 Å². The maximum atomic E-state index is 12.4. The Morgan fingerprint density at radius 3 is 2.37 bits per heavy atom. The Morgan fingerprint density at radius 2 is 1.84 bits per heavy atom. The van der Waals surface area contributed by atoms with Gasteiger partial charge in [-0.3, -0.25) is 9.69 Å². The minimum atomic E-state index is -1.09. The van der Waals surface area contributed by atoms with Crippen LogP contribution in [0.25, 0.3) is 0 Å². The van der Waals surface area contributed by atoms with Crippen LogP contribution in [0.15, 0.2) is 0 Å². The number of nitrogens with one attached hydrogen (secondary N) is 1. The lowest BCUT2D eigenvalue weighted by Gasteiger charge is -2.35. The molecule has 2 aliphatic heterocycles. The van der Waals surface area contributed by atoms with Crippen LogP contribution < -0.4 is 5.32 Å². The highest BCUT2D eigenvalue weighted by molar-refractivity contribution is 5.90. The quantitative estimate of drug-likeness (QED) is 0.676. The molecule has 0 saturated carbocycles. The van der Waals surface area contributed by atoms with Crippen LogP contribution >= 0.6 is 0 Å². The van der Waals surface area contributed by atoms with Crippen LogP contribution in [0.3, 0.4) is 0 Å². The van der Waals surface area contributed by atoms with E-state index in [9.17, 15) is 14.4 Å². The molecule has 3 atom stereocenters. The minimum absolute atomic E-state index is 0.0289. The molecule has 0 aromatic rings. The van der Waals surface area contributed by atoms with Crippen molar-refractivity contribution >= 4 is 17.9 Å². The summed E-state index contributed by atoms with van der Waals surface area (Å²) in [6, 6.07) is -1.32. The van der Waals surface area contributed by atoms with E-state index in [1.54, 1.807) is 4.90 Å². The first kappa shape index (κ1) is 13.6. The second-order valence-corrected chi connectivity index (χ2v) is 5.43. The maximum Gasteiger partial charge on any atom is 0.328 e. The maximum absolute atomic E-state index is 12.4. The molecule has 7 heteroatoms. The first-order valence-corrected chi connectivity index (χ1v) is 6.45. The lowest BCUT2D eigenvalue weighted by Crippen LogP contribution is -2.61. The van der Waals surface area contributed by atoms with Gasteiger partial charge in [-0.1, -0.05) is 13.8 Å². The Kier molecular flexibility index (Phi) is 3.64. The number of carbonyl (C=O) groups excluding carboxylic acids is 2. The van der Waals surface area contributed by atoms with Crippen LogP contribution in [-0.4, -0.2) is 65.0 Å². The summed E-state index contributed by atoms with van der Waals surface area (Å²) < 4.78 is 0. The zero-order valence-electron chi connectivity index (χ0n) is 11.1. The van der Waals surface area contributed by atoms with E-state index in [4.69, 9.17) is 5.11 Å². The largest absolute Gasteiger partial charge is 0.480 e. The monoisotopic (exact) mass is 269 g/mol. The number of carbonyl (C=O) groups is 3. The van der Waals surface area contributed by atoms with Gasteiger partial charge in [0.15, 0.2) is 0 Å². The molecule has 3 unspecified atom stereocenters. The van der Waals surface area contributed by atoms with E-state index in [-0.39, 0.29) is 25.0 Å². The van der Waals surface area contributed by atoms with Crippen LogP contribution in [0.5, 0.6) is 0 Å². The number of piperazine rings is 1. The summed E-state index contributed by atoms with van der Waals surface area (Å²) in [6.07, 6.45) is 0. The number of amides is 3. The summed E-state index contributed by atoms with van der Waals surface area (Å²) >= 11 is 0. The third kappa shape index (κ3) is 2.64. The van der Waals surface area contributed by atoms with Gasteiger partial charge in [0.1, 0.15) is 12.6 Å². The summed E-state index contributed by atoms with van der Waals surface area (Å²) in [5.74, 6) is -0.614. The first-order chi connectivity index (χ1) is 8.90. The Hall–Kier alpha value is -1.79. The summed E-state index contributed by atoms with van der Waals surface area (Å²) in [5, 5.41) is 11.6. The summed E-state index contributed by atoms with van der Waals surface area (Å²) in [6.45, 7) is 5.15. The Bertz CT molecular complexity index is 402. The van der Waals surface area contributed by atoms with Crippen LogP contribution in [0.2, 0.25) is 0 Å². The van der Waals surface area contributed by atoms with E-state index in [0.717, 1.165) is 4.90 Å². The molecular formula is C12H19N3O4. The fourth-order valence-corrected chi connectivity index (χ4v) is 2.53. The molecule has 2 N–H and O–H groups in total. The molecule has 0 radical (unpaired) electrons. The molecule has 0 aliphatic carbocycles. The van der Waals surface area contributed by atoms with E-state index < -0.39 is 12.0 Å². The van der Waals surface area contributed by atoms with Crippen molar-refractivity contribution in [2.45, 2.75) is 19.9 Å². The van der Waals surface area contributed by atoms with Crippen molar-refractivity contribution < 1.29 is 19.5 Å². The highest BCUT2D eigenvalue weighted by Gasteiger charge is 2.39. The second kappa shape index (κ2) is 5.07. The van der Waals surface area contributed by atoms with E-state index in [1.807, 2.05) is 0 Å². The van der Waals surface area contributed by atoms with Gasteiger partial charge >= 0.3 is 12.0 Å². The van der Waals surface area contributed by atoms with Crippen molar-refractivity contribution in [2.75, 3.05) is 26.2 Å². The summed E-state index contributed by atoms with van der Waals surface area (Å²) in [5.41, 5.74) is 0. The summed E-state index contributed by atoms with van der Waals surface area (Å²) in [4.78, 5) is 37.7. The van der Waals surface area contributed by atoms with Gasteiger partial charge in [0.05, 0.1) is 0 Å². The third-order valence-corrected chi connectivity index (χ3v) is 3.97. The van der Waals surface area contributed by atoms with Crippen molar-refractivity contribution in [3.63, 3.8) is 0 Å². The topological polar surface area (TPSA) is 90.0 Å². The molecular weight excluding hydrogens is 250 g/mol. The van der Waals surface area contributed by atoms with Gasteiger partial charge in [0.25, 0.3) is 0 Å². The lowest BCUT2D eigenvalue weighted by molar-refractivity contribution is -0.144. The SMILES string of the molecule is CC1CN(C(=O)N2CC(=O)NCC2C(=O)O)CC1C. The molecule has 2 aliphatic rings. The van der Waals surface area contributed by atoms with Crippen molar-refractivity contribution in [3.8, 4) is 0 Å². The van der Waals surface area contributed by atoms with Crippen molar-refractivity contribution in [1.29, 1.82) is 0 Å². The molecule has 2 heterocycles. The Labute approximate surface area is 111 Å². The predicted octanol–water partition coefficient (Wildman–Crippen LogP) is -0.421. The number of carboxylic acids is 1. The average Bonchev–Trinajstić information content (AvgIpc) is 2.68. The second-order valence-electron chi connectivity index (χ2n) is 5.43. The number of nitrogens with zero attached hydrogens (tertiary/aromatic N) is 2. The fraction of sp³-hybridized carbons (Fsp3) is 0.750. The molecule has 3 amide bonds. The van der Waals surface area contributed by atoms with Crippen molar-refractivity contribution in [1.82, 2.24) is 15.1 Å². The highest BCUT2D eigenvalue weighted by atomic mass is 16.4. The molecule has 106 valence electrons. The van der Waals surface area contributed by atoms with Crippen molar-refractivity contribution in [2.24, 2.45) is 11.8 Å². The van der Waals surface area contributed by atoms with Crippen molar-refractivity contribution in [3.05, 3.63) is 0 Å². The third-order valence-electron chi connectivity index (χ3n) is 3.97. The predicted molar refractivity (Wildman–Crippen MR) is 66.4 cm³/mol. The Balaban J connectivity index is 2.11. The van der Waals surface area contributed by atoms with E-state index >= 15 is 0 Å². The van der Waals surface area contributed by atoms with Crippen LogP contribution in [-0.2, 0) is 9.59 Å². The number of aliphatic carboxylic acids is 1. The van der Waals surface area contributed by atoms with Gasteiger partial charge in [0, 0.05) is 19.6 Å². The van der Waals surface area contributed by atoms with Gasteiger partial charge in [-0.05, 0) is 11.8 Å². The Morgan fingerprint density at radius 1 is 1.26 bits per heavy atom. The van der Waals surface area contributed by atoms with Gasteiger partial charge < -0.3 is 15.3 Å². The van der Waals surface area contributed by atoms with E-state index in [0.29, 0.717) is 24.9 Å². The number of urea groups is 1. The van der Waals surface area contributed by atoms with Gasteiger partial charge in [-0.25, -0.2) is 9.59 Å². The average molecular weight is 269 g/mol. The molecule has 0 aromatic carbocycles. The molecule has 2 fully saturated rings. The van der Waals surface area contributed by atoms with Crippen LogP contribution in [0.4, 0.5) is 4.79 Å². The van der Waals surface area contributed by atoms with E-state index in [1.165, 1.54) is 0 Å². The molecule has 2 saturated heterocycles. The van der Waals surface area contributed by atoms with Crippen LogP contribution in [0.1, 0.15) is 13.8 Å². The zero-order valence-corrected chi connectivity index (χ0v) is 11.1. The number of hydrogen-bond acceptors (Lipinski definition) is 3. The van der Waals surface area contributed by atoms with Gasteiger partial charge in [0.2, 0.25) is 5.91 Å². The normalized spacial score (nSPS) is 31.3. The molecule has 0 spiro atoms. The van der Waals surface area contributed by atoms with Gasteiger partial charge in [-0.15, -0.1) is 0 Å². The minimum Gasteiger partial charge on any atom is -0.480 e. The number of hydrogen-bond donors (Lipinski definition) is 2. The number of rotatable bonds is 1.